The molecule has 2 rings (SSSR count). The number of aryl methyl sites for hydroxylation is 1. The second-order valence-electron chi connectivity index (χ2n) is 4.20. The molecule has 1 fully saturated rings. The normalized spacial score (nSPS) is 17.4. The molecule has 0 atom stereocenters. The van der Waals surface area contributed by atoms with Gasteiger partial charge in [0.15, 0.2) is 0 Å². The van der Waals surface area contributed by atoms with Crippen LogP contribution in [0, 0.1) is 12.7 Å². The summed E-state index contributed by atoms with van der Waals surface area (Å²) >= 11 is 3.06. The monoisotopic (exact) mass is 352 g/mol. The van der Waals surface area contributed by atoms with Crippen molar-refractivity contribution in [2.45, 2.75) is 6.92 Å². The highest BCUT2D eigenvalue weighted by atomic mass is 79.9. The van der Waals surface area contributed by atoms with Crippen LogP contribution in [-0.4, -0.2) is 39.0 Å². The second kappa shape index (κ2) is 5.74. The van der Waals surface area contributed by atoms with E-state index in [4.69, 9.17) is 4.74 Å². The van der Waals surface area contributed by atoms with E-state index in [-0.39, 0.29) is 5.69 Å². The number of morpholine rings is 1. The molecule has 1 aliphatic heterocycles. The molecule has 0 amide bonds. The van der Waals surface area contributed by atoms with Crippen molar-refractivity contribution in [3.63, 3.8) is 0 Å². The first-order valence-electron chi connectivity index (χ1n) is 5.71. The van der Waals surface area contributed by atoms with Gasteiger partial charge in [0, 0.05) is 13.1 Å². The van der Waals surface area contributed by atoms with E-state index in [2.05, 4.69) is 20.7 Å². The summed E-state index contributed by atoms with van der Waals surface area (Å²) in [7, 11) is -3.67. The fraction of sp³-hybridized carbons (Fsp3) is 0.455. The topological polar surface area (TPSA) is 58.6 Å². The molecule has 8 heteroatoms. The molecule has 5 nitrogen and oxygen atoms in total. The molecular weight excluding hydrogens is 339 g/mol. The molecule has 1 aromatic carbocycles. The first-order chi connectivity index (χ1) is 8.90. The molecule has 19 heavy (non-hydrogen) atoms. The molecule has 1 heterocycles. The van der Waals surface area contributed by atoms with Gasteiger partial charge in [-0.3, -0.25) is 4.72 Å². The Hall–Kier alpha value is -0.700. The van der Waals surface area contributed by atoms with E-state index in [0.29, 0.717) is 36.3 Å². The number of halogens is 2. The summed E-state index contributed by atoms with van der Waals surface area (Å²) in [4.78, 5) is 0. The van der Waals surface area contributed by atoms with Crippen molar-refractivity contribution in [2.24, 2.45) is 0 Å². The number of hydrogen-bond acceptors (Lipinski definition) is 3. The summed E-state index contributed by atoms with van der Waals surface area (Å²) in [5.74, 6) is -0.509. The van der Waals surface area contributed by atoms with Crippen LogP contribution in [0.15, 0.2) is 16.6 Å². The van der Waals surface area contributed by atoms with E-state index in [9.17, 15) is 12.8 Å². The average Bonchev–Trinajstić information content (AvgIpc) is 2.37. The van der Waals surface area contributed by atoms with Gasteiger partial charge in [-0.1, -0.05) is 0 Å². The van der Waals surface area contributed by atoms with E-state index in [1.807, 2.05) is 0 Å². The quantitative estimate of drug-likeness (QED) is 0.903. The summed E-state index contributed by atoms with van der Waals surface area (Å²) < 4.78 is 46.8. The maximum atomic E-state index is 13.5. The van der Waals surface area contributed by atoms with Crippen molar-refractivity contribution in [3.05, 3.63) is 28.0 Å². The number of rotatable bonds is 3. The number of nitrogens with zero attached hydrogens (tertiary/aromatic N) is 1. The number of ether oxygens (including phenoxy) is 1. The van der Waals surface area contributed by atoms with Gasteiger partial charge in [0.05, 0.1) is 23.4 Å². The van der Waals surface area contributed by atoms with Gasteiger partial charge < -0.3 is 4.74 Å². The highest BCUT2D eigenvalue weighted by Crippen LogP contribution is 2.25. The summed E-state index contributed by atoms with van der Waals surface area (Å²) in [6, 6.07) is 2.70. The smallest absolute Gasteiger partial charge is 0.301 e. The predicted molar refractivity (Wildman–Crippen MR) is 73.8 cm³/mol. The van der Waals surface area contributed by atoms with Gasteiger partial charge in [0.2, 0.25) is 0 Å². The van der Waals surface area contributed by atoms with Crippen LogP contribution in [-0.2, 0) is 14.9 Å². The molecule has 0 aliphatic carbocycles. The molecule has 1 N–H and O–H groups in total. The van der Waals surface area contributed by atoms with Crippen LogP contribution in [0.4, 0.5) is 10.1 Å². The fourth-order valence-electron chi connectivity index (χ4n) is 1.75. The number of benzene rings is 1. The number of nitrogens with one attached hydrogen (secondary N) is 1. The summed E-state index contributed by atoms with van der Waals surface area (Å²) in [6.07, 6.45) is 0. The number of anilines is 1. The van der Waals surface area contributed by atoms with Crippen molar-refractivity contribution >= 4 is 31.8 Å². The lowest BCUT2D eigenvalue weighted by atomic mass is 10.2. The Labute approximate surface area is 120 Å². The molecule has 0 spiro atoms. The molecule has 0 aromatic heterocycles. The first kappa shape index (κ1) is 14.7. The third-order valence-electron chi connectivity index (χ3n) is 2.82. The molecule has 0 saturated carbocycles. The van der Waals surface area contributed by atoms with Crippen molar-refractivity contribution in [1.29, 1.82) is 0 Å². The third kappa shape index (κ3) is 3.44. The van der Waals surface area contributed by atoms with Crippen LogP contribution in [0.3, 0.4) is 0 Å². The molecule has 0 bridgehead atoms. The molecule has 1 aliphatic rings. The Morgan fingerprint density at radius 2 is 2.00 bits per heavy atom. The van der Waals surface area contributed by atoms with Crippen molar-refractivity contribution in [3.8, 4) is 0 Å². The van der Waals surface area contributed by atoms with Crippen molar-refractivity contribution < 1.29 is 17.5 Å². The van der Waals surface area contributed by atoms with E-state index in [0.717, 1.165) is 6.07 Å². The van der Waals surface area contributed by atoms with Crippen LogP contribution in [0.2, 0.25) is 0 Å². The largest absolute Gasteiger partial charge is 0.379 e. The standard InChI is InChI=1S/C11H14BrFN2O3S/c1-8-6-9(12)10(13)7-11(8)14-19(16,17)15-2-4-18-5-3-15/h6-7,14H,2-5H2,1H3. The fourth-order valence-corrected chi connectivity index (χ4v) is 3.46. The molecular formula is C11H14BrFN2O3S. The van der Waals surface area contributed by atoms with E-state index < -0.39 is 16.0 Å². The molecule has 0 unspecified atom stereocenters. The van der Waals surface area contributed by atoms with Crippen molar-refractivity contribution in [2.75, 3.05) is 31.0 Å². The second-order valence-corrected chi connectivity index (χ2v) is 6.72. The summed E-state index contributed by atoms with van der Waals surface area (Å²) in [5.41, 5.74) is 0.886. The minimum absolute atomic E-state index is 0.243. The zero-order chi connectivity index (χ0) is 14.0. The van der Waals surface area contributed by atoms with Gasteiger partial charge in [-0.2, -0.15) is 12.7 Å². The van der Waals surface area contributed by atoms with Gasteiger partial charge in [0.1, 0.15) is 5.82 Å². The van der Waals surface area contributed by atoms with Crippen LogP contribution < -0.4 is 4.72 Å². The zero-order valence-corrected chi connectivity index (χ0v) is 12.7. The highest BCUT2D eigenvalue weighted by Gasteiger charge is 2.24. The Balaban J connectivity index is 2.22. The number of hydrogen-bond donors (Lipinski definition) is 1. The first-order valence-corrected chi connectivity index (χ1v) is 7.95. The highest BCUT2D eigenvalue weighted by molar-refractivity contribution is 9.10. The Bertz CT molecular complexity index is 574. The molecule has 106 valence electrons. The molecule has 0 radical (unpaired) electrons. The predicted octanol–water partition coefficient (Wildman–Crippen LogP) is 1.89. The molecule has 1 aromatic rings. The third-order valence-corrected chi connectivity index (χ3v) is 4.95. The lowest BCUT2D eigenvalue weighted by Crippen LogP contribution is -2.43. The Morgan fingerprint density at radius 1 is 1.37 bits per heavy atom. The van der Waals surface area contributed by atoms with Crippen LogP contribution >= 0.6 is 15.9 Å². The zero-order valence-electron chi connectivity index (χ0n) is 10.3. The van der Waals surface area contributed by atoms with Crippen LogP contribution in [0.1, 0.15) is 5.56 Å². The summed E-state index contributed by atoms with van der Waals surface area (Å²) in [5, 5.41) is 0. The van der Waals surface area contributed by atoms with Gasteiger partial charge in [-0.25, -0.2) is 4.39 Å². The van der Waals surface area contributed by atoms with E-state index in [1.54, 1.807) is 6.92 Å². The summed E-state index contributed by atoms with van der Waals surface area (Å²) in [6.45, 7) is 3.05. The minimum atomic E-state index is -3.67. The maximum absolute atomic E-state index is 13.5. The van der Waals surface area contributed by atoms with Gasteiger partial charge >= 0.3 is 10.2 Å². The SMILES string of the molecule is Cc1cc(Br)c(F)cc1NS(=O)(=O)N1CCOCC1. The van der Waals surface area contributed by atoms with Gasteiger partial charge in [-0.05, 0) is 40.5 Å². The Kier molecular flexibility index (Phi) is 4.44. The van der Waals surface area contributed by atoms with Crippen molar-refractivity contribution in [1.82, 2.24) is 4.31 Å². The van der Waals surface area contributed by atoms with Gasteiger partial charge in [0.25, 0.3) is 0 Å². The molecule has 1 saturated heterocycles. The maximum Gasteiger partial charge on any atom is 0.301 e. The minimum Gasteiger partial charge on any atom is -0.379 e. The van der Waals surface area contributed by atoms with Crippen LogP contribution in [0.5, 0.6) is 0 Å². The van der Waals surface area contributed by atoms with Gasteiger partial charge in [-0.15, -0.1) is 0 Å². The lowest BCUT2D eigenvalue weighted by Gasteiger charge is -2.26. The lowest BCUT2D eigenvalue weighted by molar-refractivity contribution is 0.0733. The van der Waals surface area contributed by atoms with E-state index in [1.165, 1.54) is 10.4 Å². The van der Waals surface area contributed by atoms with E-state index >= 15 is 0 Å². The van der Waals surface area contributed by atoms with Crippen LogP contribution in [0.25, 0.3) is 0 Å². The average molecular weight is 353 g/mol. The Morgan fingerprint density at radius 3 is 2.63 bits per heavy atom.